The smallest absolute Gasteiger partial charge is 0.263 e. The van der Waals surface area contributed by atoms with Crippen LogP contribution in [0.3, 0.4) is 0 Å². The fourth-order valence-electron chi connectivity index (χ4n) is 6.02. The number of thiophene rings is 2. The number of hydrogen-bond acceptors (Lipinski definition) is 10. The van der Waals surface area contributed by atoms with E-state index in [1.54, 1.807) is 24.3 Å². The van der Waals surface area contributed by atoms with Gasteiger partial charge in [-0.05, 0) is 63.1 Å². The molecule has 0 radical (unpaired) electrons. The summed E-state index contributed by atoms with van der Waals surface area (Å²) in [6.45, 7) is 9.17. The second-order valence-corrected chi connectivity index (χ2v) is 16.3. The SMILES string of the molecule is C=CS(=O)(=O)N1CCC[C@H](NC(=O)c2ccc3sc4c(c3c2)NC[C@@H](C)NC4=O)C1.C[C@@H]1CNc2c(sc3ccc(C(N)=O)cc23)C(=O)N1. The van der Waals surface area contributed by atoms with Gasteiger partial charge in [0.1, 0.15) is 9.75 Å². The highest BCUT2D eigenvalue weighted by Gasteiger charge is 2.29. The Bertz CT molecular complexity index is 2110. The van der Waals surface area contributed by atoms with Crippen molar-refractivity contribution >= 4 is 87.9 Å². The van der Waals surface area contributed by atoms with Crippen molar-refractivity contribution < 1.29 is 27.6 Å². The first-order valence-corrected chi connectivity index (χ1v) is 18.9. The number of rotatable bonds is 5. The first kappa shape index (κ1) is 34.4. The molecule has 4 amide bonds. The highest BCUT2D eigenvalue weighted by atomic mass is 32.2. The van der Waals surface area contributed by atoms with Crippen LogP contribution in [0.25, 0.3) is 20.2 Å². The lowest BCUT2D eigenvalue weighted by Gasteiger charge is -2.31. The van der Waals surface area contributed by atoms with E-state index in [0.717, 1.165) is 37.0 Å². The third-order valence-corrected chi connectivity index (χ3v) is 12.4. The number of nitrogens with two attached hydrogens (primary N) is 1. The van der Waals surface area contributed by atoms with E-state index in [1.165, 1.54) is 27.0 Å². The Labute approximate surface area is 291 Å². The minimum Gasteiger partial charge on any atom is -0.381 e. The number of nitrogens with one attached hydrogen (secondary N) is 5. The number of amides is 4. The molecule has 0 saturated carbocycles. The summed E-state index contributed by atoms with van der Waals surface area (Å²) in [6.07, 6.45) is 1.39. The maximum Gasteiger partial charge on any atom is 0.263 e. The van der Waals surface area contributed by atoms with Crippen LogP contribution in [0.2, 0.25) is 0 Å². The van der Waals surface area contributed by atoms with Crippen LogP contribution in [0.5, 0.6) is 0 Å². The molecule has 5 heterocycles. The van der Waals surface area contributed by atoms with Crippen molar-refractivity contribution in [3.8, 4) is 0 Å². The molecule has 2 aromatic carbocycles. The van der Waals surface area contributed by atoms with Gasteiger partial charge in [-0.3, -0.25) is 19.2 Å². The quantitative estimate of drug-likeness (QED) is 0.180. The molecular weight excluding hydrogens is 687 g/mol. The molecule has 2 aromatic heterocycles. The van der Waals surface area contributed by atoms with Gasteiger partial charge in [0.2, 0.25) is 15.9 Å². The predicted molar refractivity (Wildman–Crippen MR) is 194 cm³/mol. The second-order valence-electron chi connectivity index (χ2n) is 12.3. The lowest BCUT2D eigenvalue weighted by Crippen LogP contribution is -2.49. The summed E-state index contributed by atoms with van der Waals surface area (Å²) in [4.78, 5) is 49.9. The van der Waals surface area contributed by atoms with Crippen molar-refractivity contribution in [3.05, 3.63) is 69.3 Å². The Morgan fingerprint density at radius 3 is 1.98 bits per heavy atom. The minimum atomic E-state index is -3.50. The molecule has 3 atom stereocenters. The van der Waals surface area contributed by atoms with Crippen LogP contribution in [-0.2, 0) is 10.0 Å². The standard InChI is InChI=1S/C20H24N4O4S2.C13H13N3O2S/c1-3-30(27,28)24-8-4-5-14(11-24)23-19(25)13-6-7-16-15(9-13)17-18(29-16)20(26)22-12(2)10-21-17;1-6-5-15-10-8-4-7(12(14)17)2-3-9(8)19-11(10)13(18)16-6/h3,6-7,9,12,14,21H,1,4-5,8,10-11H2,2H3,(H,22,26)(H,23,25);2-4,6,15H,5H2,1H3,(H2,14,17)(H,16,18)/t12-,14+;6-/m11/s1. The van der Waals surface area contributed by atoms with Gasteiger partial charge in [0.15, 0.2) is 0 Å². The van der Waals surface area contributed by atoms with E-state index in [9.17, 15) is 27.6 Å². The molecule has 0 spiro atoms. The van der Waals surface area contributed by atoms with Crippen LogP contribution in [0, 0.1) is 0 Å². The van der Waals surface area contributed by atoms with Gasteiger partial charge in [-0.2, -0.15) is 4.31 Å². The van der Waals surface area contributed by atoms with Crippen LogP contribution >= 0.6 is 22.7 Å². The number of hydrogen-bond donors (Lipinski definition) is 6. The molecule has 1 fully saturated rings. The van der Waals surface area contributed by atoms with Gasteiger partial charge >= 0.3 is 0 Å². The number of sulfonamides is 1. The number of anilines is 2. The summed E-state index contributed by atoms with van der Waals surface area (Å²) in [5.74, 6) is -0.908. The maximum absolute atomic E-state index is 12.9. The highest BCUT2D eigenvalue weighted by Crippen LogP contribution is 2.38. The highest BCUT2D eigenvalue weighted by molar-refractivity contribution is 7.92. The number of piperidine rings is 1. The van der Waals surface area contributed by atoms with E-state index < -0.39 is 15.9 Å². The van der Waals surface area contributed by atoms with Gasteiger partial charge in [0, 0.05) is 81.0 Å². The zero-order valence-electron chi connectivity index (χ0n) is 26.9. The minimum absolute atomic E-state index is 0.0136. The van der Waals surface area contributed by atoms with E-state index in [1.807, 2.05) is 26.0 Å². The zero-order chi connectivity index (χ0) is 35.0. The number of carbonyl (C=O) groups is 4. The van der Waals surface area contributed by atoms with E-state index in [0.29, 0.717) is 53.4 Å². The van der Waals surface area contributed by atoms with Crippen molar-refractivity contribution in [2.24, 2.45) is 5.73 Å². The maximum atomic E-state index is 12.9. The number of primary amides is 1. The Morgan fingerprint density at radius 1 is 0.918 bits per heavy atom. The third kappa shape index (κ3) is 7.13. The summed E-state index contributed by atoms with van der Waals surface area (Å²) in [5, 5.41) is 18.0. The number of benzene rings is 2. The lowest BCUT2D eigenvalue weighted by atomic mass is 10.1. The van der Waals surface area contributed by atoms with Gasteiger partial charge in [-0.15, -0.1) is 22.7 Å². The summed E-state index contributed by atoms with van der Waals surface area (Å²) in [6, 6.07) is 10.4. The van der Waals surface area contributed by atoms with E-state index >= 15 is 0 Å². The molecule has 3 aliphatic rings. The average molecular weight is 724 g/mol. The fourth-order valence-corrected chi connectivity index (χ4v) is 9.12. The van der Waals surface area contributed by atoms with Gasteiger partial charge < -0.3 is 32.3 Å². The molecule has 7 N–H and O–H groups in total. The molecule has 49 heavy (non-hydrogen) atoms. The van der Waals surface area contributed by atoms with Crippen molar-refractivity contribution in [3.63, 3.8) is 0 Å². The van der Waals surface area contributed by atoms with Gasteiger partial charge in [-0.25, -0.2) is 8.42 Å². The lowest BCUT2D eigenvalue weighted by molar-refractivity contribution is 0.0918. The first-order valence-electron chi connectivity index (χ1n) is 15.8. The van der Waals surface area contributed by atoms with Crippen LogP contribution in [0.1, 0.15) is 66.7 Å². The Kier molecular flexibility index (Phi) is 9.66. The third-order valence-electron chi connectivity index (χ3n) is 8.55. The fraction of sp³-hybridized carbons (Fsp3) is 0.333. The van der Waals surface area contributed by atoms with Gasteiger partial charge in [-0.1, -0.05) is 6.58 Å². The monoisotopic (exact) mass is 723 g/mol. The van der Waals surface area contributed by atoms with Gasteiger partial charge in [0.05, 0.1) is 11.4 Å². The largest absolute Gasteiger partial charge is 0.381 e. The normalized spacial score (nSPS) is 20.9. The summed E-state index contributed by atoms with van der Waals surface area (Å²) < 4.78 is 27.3. The topological polar surface area (TPSA) is 192 Å². The number of nitrogens with zero attached hydrogens (tertiary/aromatic N) is 1. The molecule has 0 bridgehead atoms. The van der Waals surface area contributed by atoms with Crippen LogP contribution in [0.15, 0.2) is 48.4 Å². The van der Waals surface area contributed by atoms with E-state index in [-0.39, 0.29) is 42.4 Å². The van der Waals surface area contributed by atoms with Crippen molar-refractivity contribution in [1.82, 2.24) is 20.3 Å². The van der Waals surface area contributed by atoms with Crippen LogP contribution < -0.4 is 32.3 Å². The summed E-state index contributed by atoms with van der Waals surface area (Å²) in [7, 11) is -3.50. The van der Waals surface area contributed by atoms with E-state index in [4.69, 9.17) is 5.73 Å². The average Bonchev–Trinajstić information content (AvgIpc) is 3.55. The van der Waals surface area contributed by atoms with Gasteiger partial charge in [0.25, 0.3) is 17.7 Å². The Balaban J connectivity index is 0.000000188. The van der Waals surface area contributed by atoms with Crippen molar-refractivity contribution in [2.45, 2.75) is 44.8 Å². The molecular formula is C33H37N7O6S3. The molecule has 16 heteroatoms. The molecule has 7 rings (SSSR count). The van der Waals surface area contributed by atoms with Crippen LogP contribution in [-0.4, -0.2) is 80.7 Å². The molecule has 0 unspecified atom stereocenters. The molecule has 0 aliphatic carbocycles. The first-order chi connectivity index (χ1) is 23.3. The van der Waals surface area contributed by atoms with Crippen molar-refractivity contribution in [2.75, 3.05) is 36.8 Å². The molecule has 1 saturated heterocycles. The van der Waals surface area contributed by atoms with Crippen LogP contribution in [0.4, 0.5) is 11.4 Å². The molecule has 13 nitrogen and oxygen atoms in total. The predicted octanol–water partition coefficient (Wildman–Crippen LogP) is 3.66. The Morgan fingerprint density at radius 2 is 1.45 bits per heavy atom. The molecule has 258 valence electrons. The van der Waals surface area contributed by atoms with Crippen molar-refractivity contribution in [1.29, 1.82) is 0 Å². The molecule has 3 aliphatic heterocycles. The van der Waals surface area contributed by atoms with E-state index in [2.05, 4.69) is 33.2 Å². The number of fused-ring (bicyclic) bond motifs is 6. The second kappa shape index (κ2) is 13.8. The summed E-state index contributed by atoms with van der Waals surface area (Å²) >= 11 is 2.81. The Hall–Kier alpha value is -4.51. The molecule has 4 aromatic rings. The summed E-state index contributed by atoms with van der Waals surface area (Å²) in [5.41, 5.74) is 7.78. The number of carbonyl (C=O) groups excluding carboxylic acids is 4. The zero-order valence-corrected chi connectivity index (χ0v) is 29.4.